The molecule has 18 heavy (non-hydrogen) atoms. The summed E-state index contributed by atoms with van der Waals surface area (Å²) >= 11 is 3.45. The van der Waals surface area contributed by atoms with E-state index in [0.29, 0.717) is 18.4 Å². The zero-order valence-corrected chi connectivity index (χ0v) is 12.1. The Hall–Kier alpha value is -1.03. The predicted octanol–water partition coefficient (Wildman–Crippen LogP) is 3.69. The molecule has 2 atom stereocenters. The van der Waals surface area contributed by atoms with Crippen molar-refractivity contribution in [3.05, 3.63) is 34.3 Å². The molecule has 1 saturated carbocycles. The van der Waals surface area contributed by atoms with E-state index in [2.05, 4.69) is 45.5 Å². The molecule has 1 aliphatic rings. The van der Waals surface area contributed by atoms with Crippen LogP contribution in [0.25, 0.3) is 0 Å². The first kappa shape index (κ1) is 13.4. The highest BCUT2D eigenvalue weighted by molar-refractivity contribution is 9.10. The standard InChI is InChI=1S/C14H18BrNO2/c1-16-14(17)18-9-10-2-3-12(8-10)11-4-6-13(15)7-5-11/h4-7,10,12H,2-3,8-9H2,1H3,(H,16,17)/t10-,12+/m0/s1. The number of benzene rings is 1. The van der Waals surface area contributed by atoms with Gasteiger partial charge in [0.25, 0.3) is 0 Å². The van der Waals surface area contributed by atoms with Gasteiger partial charge < -0.3 is 10.1 Å². The van der Waals surface area contributed by atoms with Crippen LogP contribution in [0.1, 0.15) is 30.7 Å². The van der Waals surface area contributed by atoms with E-state index in [0.717, 1.165) is 17.3 Å². The van der Waals surface area contributed by atoms with Crippen LogP contribution in [0.5, 0.6) is 0 Å². The minimum absolute atomic E-state index is 0.331. The Morgan fingerprint density at radius 2 is 2.11 bits per heavy atom. The molecule has 0 unspecified atom stereocenters. The van der Waals surface area contributed by atoms with Crippen molar-refractivity contribution in [1.29, 1.82) is 0 Å². The summed E-state index contributed by atoms with van der Waals surface area (Å²) in [6, 6.07) is 8.53. The number of carbonyl (C=O) groups excluding carboxylic acids is 1. The van der Waals surface area contributed by atoms with Gasteiger partial charge in [-0.1, -0.05) is 28.1 Å². The summed E-state index contributed by atoms with van der Waals surface area (Å²) in [6.07, 6.45) is 3.10. The van der Waals surface area contributed by atoms with Crippen LogP contribution in [0.15, 0.2) is 28.7 Å². The van der Waals surface area contributed by atoms with Gasteiger partial charge in [-0.3, -0.25) is 0 Å². The fourth-order valence-corrected chi connectivity index (χ4v) is 2.79. The van der Waals surface area contributed by atoms with E-state index in [-0.39, 0.29) is 6.09 Å². The Morgan fingerprint density at radius 1 is 1.39 bits per heavy atom. The third kappa shape index (κ3) is 3.48. The first-order valence-corrected chi connectivity index (χ1v) is 7.08. The van der Waals surface area contributed by atoms with Crippen molar-refractivity contribution in [1.82, 2.24) is 5.32 Å². The molecule has 0 aromatic heterocycles. The van der Waals surface area contributed by atoms with Gasteiger partial charge in [-0.15, -0.1) is 0 Å². The van der Waals surface area contributed by atoms with E-state index in [1.165, 1.54) is 12.0 Å². The number of ether oxygens (including phenoxy) is 1. The lowest BCUT2D eigenvalue weighted by molar-refractivity contribution is 0.129. The van der Waals surface area contributed by atoms with E-state index in [4.69, 9.17) is 4.74 Å². The van der Waals surface area contributed by atoms with Gasteiger partial charge in [0, 0.05) is 11.5 Å². The van der Waals surface area contributed by atoms with Gasteiger partial charge in [-0.25, -0.2) is 4.79 Å². The molecule has 0 heterocycles. The van der Waals surface area contributed by atoms with E-state index < -0.39 is 0 Å². The lowest BCUT2D eigenvalue weighted by atomic mass is 9.97. The van der Waals surface area contributed by atoms with Gasteiger partial charge in [0.15, 0.2) is 0 Å². The highest BCUT2D eigenvalue weighted by atomic mass is 79.9. The molecule has 0 bridgehead atoms. The average molecular weight is 312 g/mol. The average Bonchev–Trinajstić information content (AvgIpc) is 2.85. The van der Waals surface area contributed by atoms with E-state index >= 15 is 0 Å². The Kier molecular flexibility index (Phi) is 4.64. The minimum atomic E-state index is -0.331. The van der Waals surface area contributed by atoms with Crippen LogP contribution in [0.2, 0.25) is 0 Å². The monoisotopic (exact) mass is 311 g/mol. The Morgan fingerprint density at radius 3 is 2.78 bits per heavy atom. The summed E-state index contributed by atoms with van der Waals surface area (Å²) in [4.78, 5) is 11.0. The lowest BCUT2D eigenvalue weighted by Gasteiger charge is -2.12. The maximum atomic E-state index is 11.0. The van der Waals surface area contributed by atoms with Crippen LogP contribution in [-0.4, -0.2) is 19.7 Å². The molecule has 2 rings (SSSR count). The highest BCUT2D eigenvalue weighted by Crippen LogP contribution is 2.38. The van der Waals surface area contributed by atoms with E-state index in [1.54, 1.807) is 7.05 Å². The summed E-state index contributed by atoms with van der Waals surface area (Å²) < 4.78 is 6.24. The number of nitrogens with one attached hydrogen (secondary N) is 1. The quantitative estimate of drug-likeness (QED) is 0.924. The molecule has 1 fully saturated rings. The third-order valence-corrected chi connectivity index (χ3v) is 4.07. The molecule has 1 aromatic carbocycles. The maximum absolute atomic E-state index is 11.0. The summed E-state index contributed by atoms with van der Waals surface area (Å²) in [7, 11) is 1.58. The van der Waals surface area contributed by atoms with Gasteiger partial charge >= 0.3 is 6.09 Å². The summed E-state index contributed by atoms with van der Waals surface area (Å²) in [5.74, 6) is 1.10. The molecule has 0 spiro atoms. The molecule has 0 saturated heterocycles. The van der Waals surface area contributed by atoms with Crippen LogP contribution in [-0.2, 0) is 4.74 Å². The molecule has 1 aromatic rings. The second-order valence-corrected chi connectivity index (χ2v) is 5.69. The molecule has 0 radical (unpaired) electrons. The molecule has 1 amide bonds. The minimum Gasteiger partial charge on any atom is -0.449 e. The van der Waals surface area contributed by atoms with Crippen molar-refractivity contribution >= 4 is 22.0 Å². The predicted molar refractivity (Wildman–Crippen MR) is 74.6 cm³/mol. The number of carbonyl (C=O) groups is 1. The maximum Gasteiger partial charge on any atom is 0.406 e. The molecular weight excluding hydrogens is 294 g/mol. The van der Waals surface area contributed by atoms with Crippen LogP contribution in [0.4, 0.5) is 4.79 Å². The molecule has 4 heteroatoms. The van der Waals surface area contributed by atoms with Crippen molar-refractivity contribution in [2.24, 2.45) is 5.92 Å². The molecule has 0 aliphatic heterocycles. The van der Waals surface area contributed by atoms with Crippen molar-refractivity contribution in [3.8, 4) is 0 Å². The van der Waals surface area contributed by atoms with Crippen molar-refractivity contribution in [3.63, 3.8) is 0 Å². The number of amides is 1. The summed E-state index contributed by atoms with van der Waals surface area (Å²) in [6.45, 7) is 0.534. The van der Waals surface area contributed by atoms with Gasteiger partial charge in [0.05, 0.1) is 6.61 Å². The Bertz CT molecular complexity index is 405. The second-order valence-electron chi connectivity index (χ2n) is 4.78. The highest BCUT2D eigenvalue weighted by Gasteiger charge is 2.26. The largest absolute Gasteiger partial charge is 0.449 e. The fourth-order valence-electron chi connectivity index (χ4n) is 2.53. The fraction of sp³-hybridized carbons (Fsp3) is 0.500. The van der Waals surface area contributed by atoms with Crippen LogP contribution in [0.3, 0.4) is 0 Å². The number of rotatable bonds is 3. The van der Waals surface area contributed by atoms with Crippen LogP contribution < -0.4 is 5.32 Å². The zero-order valence-electron chi connectivity index (χ0n) is 10.5. The van der Waals surface area contributed by atoms with Crippen LogP contribution >= 0.6 is 15.9 Å². The molecule has 1 N–H and O–H groups in total. The van der Waals surface area contributed by atoms with Crippen molar-refractivity contribution < 1.29 is 9.53 Å². The normalized spacial score (nSPS) is 22.8. The first-order chi connectivity index (χ1) is 8.69. The van der Waals surface area contributed by atoms with Gasteiger partial charge in [0.1, 0.15) is 0 Å². The second kappa shape index (κ2) is 6.23. The number of halogens is 1. The first-order valence-electron chi connectivity index (χ1n) is 6.29. The van der Waals surface area contributed by atoms with Crippen LogP contribution in [0, 0.1) is 5.92 Å². The Balaban J connectivity index is 1.84. The van der Waals surface area contributed by atoms with E-state index in [9.17, 15) is 4.79 Å². The van der Waals surface area contributed by atoms with E-state index in [1.807, 2.05) is 0 Å². The smallest absolute Gasteiger partial charge is 0.406 e. The van der Waals surface area contributed by atoms with Gasteiger partial charge in [0.2, 0.25) is 0 Å². The summed E-state index contributed by atoms with van der Waals surface area (Å²) in [5, 5.41) is 2.47. The van der Waals surface area contributed by atoms with Crippen molar-refractivity contribution in [2.45, 2.75) is 25.2 Å². The number of hydrogen-bond acceptors (Lipinski definition) is 2. The summed E-state index contributed by atoms with van der Waals surface area (Å²) in [5.41, 5.74) is 1.39. The third-order valence-electron chi connectivity index (χ3n) is 3.54. The topological polar surface area (TPSA) is 38.3 Å². The molecule has 3 nitrogen and oxygen atoms in total. The molecule has 1 aliphatic carbocycles. The number of alkyl carbamates (subject to hydrolysis) is 1. The SMILES string of the molecule is CNC(=O)OC[C@H]1CC[C@@H](c2ccc(Br)cc2)C1. The lowest BCUT2D eigenvalue weighted by Crippen LogP contribution is -2.22. The molecule has 98 valence electrons. The van der Waals surface area contributed by atoms with Crippen molar-refractivity contribution in [2.75, 3.05) is 13.7 Å². The number of hydrogen-bond donors (Lipinski definition) is 1. The molecular formula is C14H18BrNO2. The Labute approximate surface area is 116 Å². The van der Waals surface area contributed by atoms with Gasteiger partial charge in [-0.2, -0.15) is 0 Å². The van der Waals surface area contributed by atoms with Gasteiger partial charge in [-0.05, 0) is 48.8 Å². The zero-order chi connectivity index (χ0) is 13.0.